The van der Waals surface area contributed by atoms with Crippen LogP contribution < -0.4 is 5.73 Å². The van der Waals surface area contributed by atoms with E-state index in [-0.39, 0.29) is 0 Å². The van der Waals surface area contributed by atoms with Crippen molar-refractivity contribution in [1.29, 1.82) is 0 Å². The number of hydrogen-bond acceptors (Lipinski definition) is 4. The maximum Gasteiger partial charge on any atom is 0.325 e. The molecule has 100 valence electrons. The summed E-state index contributed by atoms with van der Waals surface area (Å²) >= 11 is 0. The molecule has 3 rings (SSSR count). The van der Waals surface area contributed by atoms with Gasteiger partial charge in [0.1, 0.15) is 11.1 Å². The molecule has 5 heteroatoms. The number of nitrogens with zero attached hydrogens (tertiary/aromatic N) is 1. The highest BCUT2D eigenvalue weighted by molar-refractivity contribution is 5.79. The van der Waals surface area contributed by atoms with Crippen molar-refractivity contribution in [3.05, 3.63) is 36.1 Å². The number of carboxylic acid groups (broad SMARTS) is 1. The van der Waals surface area contributed by atoms with Crippen molar-refractivity contribution in [3.8, 4) is 0 Å². The zero-order valence-corrected chi connectivity index (χ0v) is 10.5. The fourth-order valence-corrected chi connectivity index (χ4v) is 2.60. The van der Waals surface area contributed by atoms with Crippen LogP contribution in [-0.4, -0.2) is 34.6 Å². The van der Waals surface area contributed by atoms with Crippen LogP contribution in [0.3, 0.4) is 0 Å². The first-order valence-electron chi connectivity index (χ1n) is 6.28. The molecule has 1 fully saturated rings. The molecule has 1 aliphatic heterocycles. The number of nitrogens with two attached hydrogens (primary N) is 1. The maximum atomic E-state index is 11.1. The van der Waals surface area contributed by atoms with Gasteiger partial charge < -0.3 is 15.3 Å². The summed E-state index contributed by atoms with van der Waals surface area (Å²) < 4.78 is 5.30. The Morgan fingerprint density at radius 1 is 1.47 bits per heavy atom. The Morgan fingerprint density at radius 2 is 2.32 bits per heavy atom. The Kier molecular flexibility index (Phi) is 2.80. The smallest absolute Gasteiger partial charge is 0.325 e. The summed E-state index contributed by atoms with van der Waals surface area (Å²) in [6, 6.07) is 7.93. The molecule has 1 saturated heterocycles. The Hall–Kier alpha value is -1.85. The van der Waals surface area contributed by atoms with Crippen LogP contribution in [0.2, 0.25) is 0 Å². The van der Waals surface area contributed by atoms with Crippen LogP contribution in [0.15, 0.2) is 34.9 Å². The van der Waals surface area contributed by atoms with E-state index in [1.165, 1.54) is 0 Å². The van der Waals surface area contributed by atoms with Crippen molar-refractivity contribution in [2.75, 3.05) is 13.1 Å². The number of rotatable bonds is 3. The second kappa shape index (κ2) is 4.36. The third kappa shape index (κ3) is 2.22. The Bertz CT molecular complexity index is 622. The van der Waals surface area contributed by atoms with Gasteiger partial charge in [-0.3, -0.25) is 9.69 Å². The van der Waals surface area contributed by atoms with E-state index in [9.17, 15) is 4.79 Å². The predicted octanol–water partition coefficient (Wildman–Crippen LogP) is 1.42. The lowest BCUT2D eigenvalue weighted by Crippen LogP contribution is -2.50. The Balaban J connectivity index is 1.74. The summed E-state index contributed by atoms with van der Waals surface area (Å²) in [5.74, 6) is -0.916. The Morgan fingerprint density at radius 3 is 3.05 bits per heavy atom. The average Bonchev–Trinajstić information content (AvgIpc) is 2.96. The third-order valence-corrected chi connectivity index (χ3v) is 3.73. The van der Waals surface area contributed by atoms with Gasteiger partial charge in [0.25, 0.3) is 0 Å². The van der Waals surface area contributed by atoms with Gasteiger partial charge >= 0.3 is 5.97 Å². The molecule has 0 radical (unpaired) electrons. The molecule has 3 N–H and O–H groups in total. The zero-order chi connectivity index (χ0) is 13.5. The standard InChI is InChI=1S/C14H16N2O3/c15-14(13(17)18)4-5-16(9-14)8-10-1-2-12-11(7-10)3-6-19-12/h1-3,6-7H,4-5,8-9,15H2,(H,17,18)/t14-/m0/s1. The number of hydrogen-bond donors (Lipinski definition) is 2. The van der Waals surface area contributed by atoms with E-state index in [1.807, 2.05) is 18.2 Å². The monoisotopic (exact) mass is 260 g/mol. The topological polar surface area (TPSA) is 79.7 Å². The SMILES string of the molecule is N[C@@]1(C(=O)O)CCN(Cc2ccc3occc3c2)C1. The maximum absolute atomic E-state index is 11.1. The van der Waals surface area contributed by atoms with Gasteiger partial charge in [-0.1, -0.05) is 6.07 Å². The van der Waals surface area contributed by atoms with E-state index in [1.54, 1.807) is 6.26 Å². The summed E-state index contributed by atoms with van der Waals surface area (Å²) in [6.45, 7) is 1.82. The van der Waals surface area contributed by atoms with Crippen molar-refractivity contribution in [3.63, 3.8) is 0 Å². The van der Waals surface area contributed by atoms with Crippen molar-refractivity contribution in [2.45, 2.75) is 18.5 Å². The number of fused-ring (bicyclic) bond motifs is 1. The average molecular weight is 260 g/mol. The molecule has 0 unspecified atom stereocenters. The predicted molar refractivity (Wildman–Crippen MR) is 70.7 cm³/mol. The number of carboxylic acids is 1. The number of likely N-dealkylation sites (tertiary alicyclic amines) is 1. The van der Waals surface area contributed by atoms with Gasteiger partial charge in [-0.15, -0.1) is 0 Å². The number of benzene rings is 1. The molecule has 0 spiro atoms. The molecule has 0 saturated carbocycles. The fourth-order valence-electron chi connectivity index (χ4n) is 2.60. The molecule has 1 aromatic heterocycles. The van der Waals surface area contributed by atoms with Crippen molar-refractivity contribution in [2.24, 2.45) is 5.73 Å². The lowest BCUT2D eigenvalue weighted by Gasteiger charge is -2.20. The minimum absolute atomic E-state index is 0.395. The molecule has 0 aliphatic carbocycles. The van der Waals surface area contributed by atoms with Crippen LogP contribution in [-0.2, 0) is 11.3 Å². The fraction of sp³-hybridized carbons (Fsp3) is 0.357. The van der Waals surface area contributed by atoms with Crippen molar-refractivity contribution in [1.82, 2.24) is 4.90 Å². The Labute approximate surface area is 110 Å². The molecular formula is C14H16N2O3. The van der Waals surface area contributed by atoms with Crippen molar-refractivity contribution >= 4 is 16.9 Å². The first-order chi connectivity index (χ1) is 9.07. The van der Waals surface area contributed by atoms with Crippen molar-refractivity contribution < 1.29 is 14.3 Å². The molecule has 1 atom stereocenters. The van der Waals surface area contributed by atoms with E-state index in [4.69, 9.17) is 15.3 Å². The largest absolute Gasteiger partial charge is 0.480 e. The number of aliphatic carboxylic acids is 1. The van der Waals surface area contributed by atoms with E-state index < -0.39 is 11.5 Å². The molecule has 0 bridgehead atoms. The highest BCUT2D eigenvalue weighted by Gasteiger charge is 2.40. The second-order valence-corrected chi connectivity index (χ2v) is 5.21. The summed E-state index contributed by atoms with van der Waals surface area (Å²) in [7, 11) is 0. The van der Waals surface area contributed by atoms with E-state index >= 15 is 0 Å². The van der Waals surface area contributed by atoms with Gasteiger partial charge in [0.05, 0.1) is 6.26 Å². The summed E-state index contributed by atoms with van der Waals surface area (Å²) in [6.07, 6.45) is 2.16. The lowest BCUT2D eigenvalue weighted by atomic mass is 10.0. The molecule has 1 aromatic carbocycles. The number of carbonyl (C=O) groups is 1. The molecule has 0 amide bonds. The van der Waals surface area contributed by atoms with Gasteiger partial charge in [-0.05, 0) is 30.2 Å². The van der Waals surface area contributed by atoms with Gasteiger partial charge in [0, 0.05) is 25.0 Å². The molecule has 5 nitrogen and oxygen atoms in total. The normalized spacial score (nSPS) is 24.1. The van der Waals surface area contributed by atoms with Crippen LogP contribution in [0.4, 0.5) is 0 Å². The third-order valence-electron chi connectivity index (χ3n) is 3.73. The molecular weight excluding hydrogens is 244 g/mol. The van der Waals surface area contributed by atoms with E-state index in [0.29, 0.717) is 26.1 Å². The molecule has 1 aliphatic rings. The minimum atomic E-state index is -1.10. The first kappa shape index (κ1) is 12.2. The van der Waals surface area contributed by atoms with Gasteiger partial charge in [0.15, 0.2) is 0 Å². The van der Waals surface area contributed by atoms with E-state index in [0.717, 1.165) is 16.5 Å². The highest BCUT2D eigenvalue weighted by atomic mass is 16.4. The van der Waals surface area contributed by atoms with Crippen LogP contribution >= 0.6 is 0 Å². The van der Waals surface area contributed by atoms with Gasteiger partial charge in [0.2, 0.25) is 0 Å². The van der Waals surface area contributed by atoms with Gasteiger partial charge in [-0.2, -0.15) is 0 Å². The summed E-state index contributed by atoms with van der Waals surface area (Å²) in [5.41, 5.74) is 6.77. The molecule has 2 aromatic rings. The molecule has 2 heterocycles. The van der Waals surface area contributed by atoms with Gasteiger partial charge in [-0.25, -0.2) is 0 Å². The van der Waals surface area contributed by atoms with Crippen LogP contribution in [0, 0.1) is 0 Å². The summed E-state index contributed by atoms with van der Waals surface area (Å²) in [5, 5.41) is 10.2. The van der Waals surface area contributed by atoms with Crippen LogP contribution in [0.5, 0.6) is 0 Å². The molecule has 19 heavy (non-hydrogen) atoms. The lowest BCUT2D eigenvalue weighted by molar-refractivity contribution is -0.142. The van der Waals surface area contributed by atoms with E-state index in [2.05, 4.69) is 11.0 Å². The quantitative estimate of drug-likeness (QED) is 0.872. The first-order valence-corrected chi connectivity index (χ1v) is 6.28. The minimum Gasteiger partial charge on any atom is -0.480 e. The second-order valence-electron chi connectivity index (χ2n) is 5.21. The zero-order valence-electron chi connectivity index (χ0n) is 10.5. The van der Waals surface area contributed by atoms with Crippen LogP contribution in [0.25, 0.3) is 11.0 Å². The van der Waals surface area contributed by atoms with Crippen LogP contribution in [0.1, 0.15) is 12.0 Å². The summed E-state index contributed by atoms with van der Waals surface area (Å²) in [4.78, 5) is 13.2. The highest BCUT2D eigenvalue weighted by Crippen LogP contribution is 2.23. The number of furan rings is 1.